The number of imidazole rings is 1. The van der Waals surface area contributed by atoms with Gasteiger partial charge in [0, 0.05) is 13.6 Å². The van der Waals surface area contributed by atoms with Gasteiger partial charge >= 0.3 is 0 Å². The standard InChI is InChI=1S/C18H27N5/c1-4-14(5-2)11-21-18(19-3)22-13-17-20-12-16(23-17)15-9-7-6-8-10-15/h6-10,12,14H,4-5,11,13H2,1-3H3,(H,20,23)(H2,19,21,22). The Hall–Kier alpha value is -2.30. The van der Waals surface area contributed by atoms with Gasteiger partial charge in [-0.3, -0.25) is 4.99 Å². The third-order valence-corrected chi connectivity index (χ3v) is 4.07. The molecule has 0 saturated heterocycles. The first kappa shape index (κ1) is 17.1. The van der Waals surface area contributed by atoms with E-state index in [2.05, 4.69) is 51.6 Å². The molecule has 0 saturated carbocycles. The van der Waals surface area contributed by atoms with Crippen molar-refractivity contribution in [3.63, 3.8) is 0 Å². The van der Waals surface area contributed by atoms with Gasteiger partial charge in [0.2, 0.25) is 0 Å². The summed E-state index contributed by atoms with van der Waals surface area (Å²) < 4.78 is 0. The second kappa shape index (κ2) is 8.98. The Bertz CT molecular complexity index is 599. The number of nitrogens with zero attached hydrogens (tertiary/aromatic N) is 2. The number of aromatic amines is 1. The Kier molecular flexibility index (Phi) is 6.66. The molecule has 1 heterocycles. The lowest BCUT2D eigenvalue weighted by Crippen LogP contribution is -2.39. The fourth-order valence-electron chi connectivity index (χ4n) is 2.42. The Morgan fingerprint density at radius 1 is 1.17 bits per heavy atom. The van der Waals surface area contributed by atoms with E-state index in [-0.39, 0.29) is 0 Å². The number of aliphatic imine (C=N–C) groups is 1. The molecule has 2 aromatic rings. The molecule has 0 unspecified atom stereocenters. The molecule has 0 aliphatic rings. The average molecular weight is 313 g/mol. The third-order valence-electron chi connectivity index (χ3n) is 4.07. The highest BCUT2D eigenvalue weighted by Crippen LogP contribution is 2.15. The number of H-pyrrole nitrogens is 1. The summed E-state index contributed by atoms with van der Waals surface area (Å²) >= 11 is 0. The van der Waals surface area contributed by atoms with Crippen molar-refractivity contribution in [2.75, 3.05) is 13.6 Å². The zero-order valence-corrected chi connectivity index (χ0v) is 14.3. The van der Waals surface area contributed by atoms with Gasteiger partial charge in [-0.05, 0) is 11.5 Å². The van der Waals surface area contributed by atoms with Crippen molar-refractivity contribution in [3.05, 3.63) is 42.4 Å². The molecule has 0 spiro atoms. The molecular weight excluding hydrogens is 286 g/mol. The largest absolute Gasteiger partial charge is 0.356 e. The molecule has 5 heteroatoms. The number of hydrogen-bond acceptors (Lipinski definition) is 2. The van der Waals surface area contributed by atoms with E-state index in [1.165, 1.54) is 12.8 Å². The van der Waals surface area contributed by atoms with Crippen molar-refractivity contribution in [1.29, 1.82) is 0 Å². The molecular formula is C18H27N5. The van der Waals surface area contributed by atoms with E-state index in [1.54, 1.807) is 7.05 Å². The Morgan fingerprint density at radius 3 is 2.57 bits per heavy atom. The van der Waals surface area contributed by atoms with Crippen LogP contribution in [0.4, 0.5) is 0 Å². The number of hydrogen-bond donors (Lipinski definition) is 3. The molecule has 0 radical (unpaired) electrons. The van der Waals surface area contributed by atoms with Crippen LogP contribution in [0.5, 0.6) is 0 Å². The van der Waals surface area contributed by atoms with E-state index in [9.17, 15) is 0 Å². The SMILES string of the molecule is CCC(CC)CNC(=NC)NCc1ncc(-c2ccccc2)[nH]1. The van der Waals surface area contributed by atoms with Crippen molar-refractivity contribution in [3.8, 4) is 11.3 Å². The maximum absolute atomic E-state index is 4.43. The summed E-state index contributed by atoms with van der Waals surface area (Å²) in [6, 6.07) is 10.2. The Labute approximate surface area is 138 Å². The normalized spacial score (nSPS) is 11.7. The van der Waals surface area contributed by atoms with Crippen LogP contribution in [-0.4, -0.2) is 29.5 Å². The number of rotatable bonds is 7. The number of benzene rings is 1. The van der Waals surface area contributed by atoms with Gasteiger partial charge in [-0.2, -0.15) is 0 Å². The van der Waals surface area contributed by atoms with Gasteiger partial charge in [0.15, 0.2) is 5.96 Å². The molecule has 1 aromatic carbocycles. The maximum Gasteiger partial charge on any atom is 0.191 e. The average Bonchev–Trinajstić information content (AvgIpc) is 3.08. The van der Waals surface area contributed by atoms with Crippen molar-refractivity contribution in [2.24, 2.45) is 10.9 Å². The zero-order chi connectivity index (χ0) is 16.5. The smallest absolute Gasteiger partial charge is 0.191 e. The molecule has 2 rings (SSSR count). The minimum absolute atomic E-state index is 0.620. The number of guanidine groups is 1. The second-order valence-electron chi connectivity index (χ2n) is 5.60. The molecule has 3 N–H and O–H groups in total. The van der Waals surface area contributed by atoms with E-state index >= 15 is 0 Å². The van der Waals surface area contributed by atoms with E-state index < -0.39 is 0 Å². The van der Waals surface area contributed by atoms with E-state index in [1.807, 2.05) is 24.4 Å². The number of aromatic nitrogens is 2. The maximum atomic E-state index is 4.43. The Morgan fingerprint density at radius 2 is 1.91 bits per heavy atom. The summed E-state index contributed by atoms with van der Waals surface area (Å²) in [5.74, 6) is 2.39. The lowest BCUT2D eigenvalue weighted by atomic mass is 10.0. The summed E-state index contributed by atoms with van der Waals surface area (Å²) in [7, 11) is 1.79. The highest BCUT2D eigenvalue weighted by atomic mass is 15.2. The first-order valence-corrected chi connectivity index (χ1v) is 8.30. The molecule has 23 heavy (non-hydrogen) atoms. The van der Waals surface area contributed by atoms with Gasteiger partial charge in [0.1, 0.15) is 5.82 Å². The Balaban J connectivity index is 1.86. The molecule has 1 aromatic heterocycles. The fourth-order valence-corrected chi connectivity index (χ4v) is 2.42. The van der Waals surface area contributed by atoms with Gasteiger partial charge in [-0.15, -0.1) is 0 Å². The van der Waals surface area contributed by atoms with Crippen molar-refractivity contribution in [1.82, 2.24) is 20.6 Å². The van der Waals surface area contributed by atoms with Gasteiger partial charge < -0.3 is 15.6 Å². The van der Waals surface area contributed by atoms with Gasteiger partial charge in [-0.25, -0.2) is 4.98 Å². The topological polar surface area (TPSA) is 65.1 Å². The first-order valence-electron chi connectivity index (χ1n) is 8.30. The van der Waals surface area contributed by atoms with Crippen LogP contribution in [-0.2, 0) is 6.54 Å². The molecule has 0 fully saturated rings. The van der Waals surface area contributed by atoms with Crippen LogP contribution in [0.15, 0.2) is 41.5 Å². The summed E-state index contributed by atoms with van der Waals surface area (Å²) in [5, 5.41) is 6.68. The molecule has 0 aliphatic heterocycles. The van der Waals surface area contributed by atoms with E-state index in [4.69, 9.17) is 0 Å². The highest BCUT2D eigenvalue weighted by Gasteiger charge is 2.06. The molecule has 124 valence electrons. The van der Waals surface area contributed by atoms with Crippen LogP contribution >= 0.6 is 0 Å². The van der Waals surface area contributed by atoms with Crippen molar-refractivity contribution in [2.45, 2.75) is 33.2 Å². The summed E-state index contributed by atoms with van der Waals surface area (Å²) in [6.45, 7) is 6.01. The predicted octanol–water partition coefficient (Wildman–Crippen LogP) is 3.18. The minimum Gasteiger partial charge on any atom is -0.356 e. The van der Waals surface area contributed by atoms with Crippen LogP contribution in [0.1, 0.15) is 32.5 Å². The second-order valence-corrected chi connectivity index (χ2v) is 5.60. The summed E-state index contributed by atoms with van der Waals surface area (Å²) in [6.07, 6.45) is 4.23. The fraction of sp³-hybridized carbons (Fsp3) is 0.444. The highest BCUT2D eigenvalue weighted by molar-refractivity contribution is 5.79. The lowest BCUT2D eigenvalue weighted by Gasteiger charge is -2.16. The monoisotopic (exact) mass is 313 g/mol. The summed E-state index contributed by atoms with van der Waals surface area (Å²) in [5.41, 5.74) is 2.17. The molecule has 0 aliphatic carbocycles. The summed E-state index contributed by atoms with van der Waals surface area (Å²) in [4.78, 5) is 12.0. The van der Waals surface area contributed by atoms with E-state index in [0.717, 1.165) is 29.6 Å². The third kappa shape index (κ3) is 5.13. The quantitative estimate of drug-likeness (QED) is 0.543. The molecule has 0 atom stereocenters. The van der Waals surface area contributed by atoms with Gasteiger partial charge in [-0.1, -0.05) is 57.0 Å². The van der Waals surface area contributed by atoms with Crippen LogP contribution in [0, 0.1) is 5.92 Å². The van der Waals surface area contributed by atoms with Gasteiger partial charge in [0.05, 0.1) is 18.4 Å². The van der Waals surface area contributed by atoms with Crippen LogP contribution in [0.25, 0.3) is 11.3 Å². The predicted molar refractivity (Wildman–Crippen MR) is 96.3 cm³/mol. The zero-order valence-electron chi connectivity index (χ0n) is 14.3. The first-order chi connectivity index (χ1) is 11.3. The van der Waals surface area contributed by atoms with Gasteiger partial charge in [0.25, 0.3) is 0 Å². The minimum atomic E-state index is 0.620. The van der Waals surface area contributed by atoms with Crippen LogP contribution in [0.3, 0.4) is 0 Å². The molecule has 0 bridgehead atoms. The van der Waals surface area contributed by atoms with Crippen molar-refractivity contribution >= 4 is 5.96 Å². The number of nitrogens with one attached hydrogen (secondary N) is 3. The lowest BCUT2D eigenvalue weighted by molar-refractivity contribution is 0.481. The molecule has 5 nitrogen and oxygen atoms in total. The van der Waals surface area contributed by atoms with Crippen molar-refractivity contribution < 1.29 is 0 Å². The van der Waals surface area contributed by atoms with Crippen LogP contribution < -0.4 is 10.6 Å². The molecule has 0 amide bonds. The van der Waals surface area contributed by atoms with E-state index in [0.29, 0.717) is 12.5 Å². The van der Waals surface area contributed by atoms with Crippen LogP contribution in [0.2, 0.25) is 0 Å².